The summed E-state index contributed by atoms with van der Waals surface area (Å²) >= 11 is 13.3. The van der Waals surface area contributed by atoms with E-state index in [-0.39, 0.29) is 10.6 Å². The number of rotatable bonds is 5. The molecule has 19 heavy (non-hydrogen) atoms. The van der Waals surface area contributed by atoms with Gasteiger partial charge in [0.1, 0.15) is 5.02 Å². The second kappa shape index (κ2) is 6.23. The second-order valence-electron chi connectivity index (χ2n) is 3.71. The molecular weight excluding hydrogens is 305 g/mol. The van der Waals surface area contributed by atoms with Gasteiger partial charge < -0.3 is 5.32 Å². The molecule has 0 spiro atoms. The summed E-state index contributed by atoms with van der Waals surface area (Å²) in [7, 11) is 0. The molecule has 0 aliphatic rings. The summed E-state index contributed by atoms with van der Waals surface area (Å²) < 4.78 is 1.98. The van der Waals surface area contributed by atoms with Crippen molar-refractivity contribution in [3.05, 3.63) is 55.6 Å². The fourth-order valence-electron chi connectivity index (χ4n) is 1.47. The second-order valence-corrected chi connectivity index (χ2v) is 5.89. The van der Waals surface area contributed by atoms with Gasteiger partial charge in [-0.05, 0) is 12.1 Å². The largest absolute Gasteiger partial charge is 0.377 e. The Morgan fingerprint density at radius 2 is 2.26 bits per heavy atom. The molecule has 0 bridgehead atoms. The van der Waals surface area contributed by atoms with Crippen LogP contribution in [0.5, 0.6) is 0 Å². The molecule has 7 heteroatoms. The molecule has 0 radical (unpaired) electrons. The number of thiophene rings is 1. The first-order chi connectivity index (χ1) is 9.11. The van der Waals surface area contributed by atoms with Crippen LogP contribution in [0, 0.1) is 0 Å². The molecule has 2 rings (SSSR count). The Morgan fingerprint density at radius 3 is 2.89 bits per heavy atom. The summed E-state index contributed by atoms with van der Waals surface area (Å²) in [5.41, 5.74) is 0.173. The molecule has 0 unspecified atom stereocenters. The molecule has 100 valence electrons. The Balaban J connectivity index is 2.15. The van der Waals surface area contributed by atoms with Crippen LogP contribution < -0.4 is 10.9 Å². The van der Waals surface area contributed by atoms with Crippen LogP contribution in [-0.2, 0) is 13.1 Å². The predicted octanol–water partition coefficient (Wildman–Crippen LogP) is 3.41. The molecule has 0 fully saturated rings. The Hall–Kier alpha value is -1.30. The molecule has 1 N–H and O–H groups in total. The average Bonchev–Trinajstić information content (AvgIpc) is 2.80. The number of nitrogens with zero attached hydrogens (tertiary/aromatic N) is 2. The molecule has 2 aromatic rings. The summed E-state index contributed by atoms with van der Waals surface area (Å²) in [6.45, 7) is 4.44. The van der Waals surface area contributed by atoms with Gasteiger partial charge in [0, 0.05) is 11.4 Å². The molecule has 2 aromatic heterocycles. The highest BCUT2D eigenvalue weighted by atomic mass is 35.5. The molecular formula is C12H11Cl2N3OS. The van der Waals surface area contributed by atoms with Crippen LogP contribution >= 0.6 is 34.5 Å². The van der Waals surface area contributed by atoms with Crippen molar-refractivity contribution in [3.8, 4) is 0 Å². The van der Waals surface area contributed by atoms with Crippen LogP contribution in [0.4, 0.5) is 5.69 Å². The van der Waals surface area contributed by atoms with E-state index in [1.807, 2.05) is 12.1 Å². The van der Waals surface area contributed by atoms with E-state index in [4.69, 9.17) is 23.2 Å². The quantitative estimate of drug-likeness (QED) is 0.860. The van der Waals surface area contributed by atoms with E-state index in [1.165, 1.54) is 22.2 Å². The highest BCUT2D eigenvalue weighted by Crippen LogP contribution is 2.23. The summed E-state index contributed by atoms with van der Waals surface area (Å²) in [4.78, 5) is 12.9. The Morgan fingerprint density at radius 1 is 1.47 bits per heavy atom. The Kier molecular flexibility index (Phi) is 4.63. The third kappa shape index (κ3) is 3.37. The lowest BCUT2D eigenvalue weighted by atomic mass is 10.4. The zero-order valence-corrected chi connectivity index (χ0v) is 12.2. The minimum absolute atomic E-state index is 0.125. The maximum atomic E-state index is 11.9. The molecule has 0 atom stereocenters. The molecule has 4 nitrogen and oxygen atoms in total. The first-order valence-corrected chi connectivity index (χ1v) is 7.03. The van der Waals surface area contributed by atoms with Gasteiger partial charge in [0.05, 0.1) is 22.8 Å². The minimum atomic E-state index is -0.337. The Bertz CT molecular complexity index is 651. The highest BCUT2D eigenvalue weighted by molar-refractivity contribution is 7.16. The van der Waals surface area contributed by atoms with E-state index in [1.54, 1.807) is 6.08 Å². The van der Waals surface area contributed by atoms with Crippen LogP contribution in [0.25, 0.3) is 0 Å². The molecule has 0 amide bonds. The van der Waals surface area contributed by atoms with Crippen LogP contribution in [-0.4, -0.2) is 9.78 Å². The number of anilines is 1. The topological polar surface area (TPSA) is 46.9 Å². The summed E-state index contributed by atoms with van der Waals surface area (Å²) in [6, 6.07) is 3.74. The van der Waals surface area contributed by atoms with Gasteiger partial charge in [-0.15, -0.1) is 17.9 Å². The van der Waals surface area contributed by atoms with Crippen molar-refractivity contribution in [2.45, 2.75) is 13.1 Å². The summed E-state index contributed by atoms with van der Waals surface area (Å²) in [6.07, 6.45) is 3.12. The Labute approximate surface area is 124 Å². The number of hydrogen-bond donors (Lipinski definition) is 1. The van der Waals surface area contributed by atoms with Crippen molar-refractivity contribution >= 4 is 40.2 Å². The maximum Gasteiger partial charge on any atom is 0.287 e. The molecule has 0 aromatic carbocycles. The highest BCUT2D eigenvalue weighted by Gasteiger charge is 2.08. The normalized spacial score (nSPS) is 10.4. The minimum Gasteiger partial charge on any atom is -0.377 e. The summed E-state index contributed by atoms with van der Waals surface area (Å²) in [5, 5.41) is 7.21. The van der Waals surface area contributed by atoms with E-state index < -0.39 is 0 Å². The summed E-state index contributed by atoms with van der Waals surface area (Å²) in [5.74, 6) is 0. The van der Waals surface area contributed by atoms with E-state index in [0.29, 0.717) is 18.8 Å². The fraction of sp³-hybridized carbons (Fsp3) is 0.167. The van der Waals surface area contributed by atoms with Gasteiger partial charge in [0.2, 0.25) is 0 Å². The lowest BCUT2D eigenvalue weighted by molar-refractivity contribution is 0.653. The maximum absolute atomic E-state index is 11.9. The van der Waals surface area contributed by atoms with Crippen molar-refractivity contribution in [1.82, 2.24) is 9.78 Å². The number of halogens is 2. The number of aromatic nitrogens is 2. The van der Waals surface area contributed by atoms with Crippen molar-refractivity contribution in [1.29, 1.82) is 0 Å². The van der Waals surface area contributed by atoms with Crippen LogP contribution in [0.1, 0.15) is 4.88 Å². The van der Waals surface area contributed by atoms with Crippen molar-refractivity contribution in [2.24, 2.45) is 0 Å². The van der Waals surface area contributed by atoms with Crippen molar-refractivity contribution in [3.63, 3.8) is 0 Å². The van der Waals surface area contributed by atoms with E-state index in [2.05, 4.69) is 17.0 Å². The molecule has 0 saturated carbocycles. The SMILES string of the molecule is C=CCn1ncc(NCc2ccc(Cl)s2)c(Cl)c1=O. The van der Waals surface area contributed by atoms with Crippen molar-refractivity contribution in [2.75, 3.05) is 5.32 Å². The number of nitrogens with one attached hydrogen (secondary N) is 1. The zero-order valence-electron chi connectivity index (χ0n) is 9.90. The van der Waals surface area contributed by atoms with Gasteiger partial charge in [0.25, 0.3) is 5.56 Å². The molecule has 2 heterocycles. The third-order valence-electron chi connectivity index (χ3n) is 2.37. The average molecular weight is 316 g/mol. The number of hydrogen-bond acceptors (Lipinski definition) is 4. The number of allylic oxidation sites excluding steroid dienone is 1. The van der Waals surface area contributed by atoms with Gasteiger partial charge in [-0.25, -0.2) is 4.68 Å². The van der Waals surface area contributed by atoms with E-state index in [0.717, 1.165) is 9.21 Å². The zero-order chi connectivity index (χ0) is 13.8. The van der Waals surface area contributed by atoms with E-state index >= 15 is 0 Å². The van der Waals surface area contributed by atoms with Crippen LogP contribution in [0.2, 0.25) is 9.36 Å². The smallest absolute Gasteiger partial charge is 0.287 e. The van der Waals surface area contributed by atoms with Gasteiger partial charge in [-0.1, -0.05) is 29.3 Å². The van der Waals surface area contributed by atoms with Crippen LogP contribution in [0.3, 0.4) is 0 Å². The van der Waals surface area contributed by atoms with Crippen LogP contribution in [0.15, 0.2) is 35.8 Å². The first-order valence-electron chi connectivity index (χ1n) is 5.46. The van der Waals surface area contributed by atoms with E-state index in [9.17, 15) is 4.79 Å². The van der Waals surface area contributed by atoms with Gasteiger partial charge in [-0.3, -0.25) is 4.79 Å². The molecule has 0 aliphatic heterocycles. The third-order valence-corrected chi connectivity index (χ3v) is 3.97. The molecule has 0 saturated heterocycles. The molecule has 0 aliphatic carbocycles. The first kappa shape index (κ1) is 14.1. The monoisotopic (exact) mass is 315 g/mol. The lowest BCUT2D eigenvalue weighted by Gasteiger charge is -2.08. The van der Waals surface area contributed by atoms with Gasteiger partial charge in [0.15, 0.2) is 0 Å². The van der Waals surface area contributed by atoms with Crippen molar-refractivity contribution < 1.29 is 0 Å². The predicted molar refractivity (Wildman–Crippen MR) is 80.4 cm³/mol. The van der Waals surface area contributed by atoms with Gasteiger partial charge in [-0.2, -0.15) is 5.10 Å². The fourth-order valence-corrected chi connectivity index (χ4v) is 2.71. The standard InChI is InChI=1S/C12H11Cl2N3OS/c1-2-5-17-12(18)11(14)9(7-16-17)15-6-8-3-4-10(13)19-8/h2-4,7,15H,1,5-6H2. The lowest BCUT2D eigenvalue weighted by Crippen LogP contribution is -2.23. The van der Waals surface area contributed by atoms with Gasteiger partial charge >= 0.3 is 0 Å².